The van der Waals surface area contributed by atoms with Gasteiger partial charge in [0.2, 0.25) is 21.8 Å². The molecule has 1 amide bonds. The van der Waals surface area contributed by atoms with Crippen LogP contribution in [0.25, 0.3) is 0 Å². The molecule has 0 atom stereocenters. The zero-order valence-corrected chi connectivity index (χ0v) is 20.2. The molecule has 0 aliphatic carbocycles. The van der Waals surface area contributed by atoms with Crippen LogP contribution in [0.3, 0.4) is 0 Å². The van der Waals surface area contributed by atoms with E-state index in [0.29, 0.717) is 44.4 Å². The van der Waals surface area contributed by atoms with Gasteiger partial charge in [0, 0.05) is 45.0 Å². The van der Waals surface area contributed by atoms with Gasteiger partial charge in [-0.15, -0.1) is 0 Å². The molecule has 8 nitrogen and oxygen atoms in total. The van der Waals surface area contributed by atoms with E-state index in [1.165, 1.54) is 28.6 Å². The van der Waals surface area contributed by atoms with Crippen LogP contribution in [0.4, 0.5) is 4.39 Å². The minimum atomic E-state index is -3.54. The molecule has 1 aliphatic rings. The smallest absolute Gasteiger partial charge is 0.243 e. The summed E-state index contributed by atoms with van der Waals surface area (Å²) in [6.45, 7) is 4.00. The Kier molecular flexibility index (Phi) is 7.74. The zero-order chi connectivity index (χ0) is 24.8. The Bertz CT molecular complexity index is 1260. The van der Waals surface area contributed by atoms with Gasteiger partial charge in [0.1, 0.15) is 11.6 Å². The summed E-state index contributed by atoms with van der Waals surface area (Å²) in [5.74, 6) is 0.298. The molecule has 0 spiro atoms. The van der Waals surface area contributed by atoms with Gasteiger partial charge in [-0.25, -0.2) is 17.8 Å². The summed E-state index contributed by atoms with van der Waals surface area (Å²) in [5.41, 5.74) is 1.81. The first-order valence-corrected chi connectivity index (χ1v) is 12.7. The first-order chi connectivity index (χ1) is 16.8. The molecule has 2 aromatic carbocycles. The second kappa shape index (κ2) is 10.9. The highest BCUT2D eigenvalue weighted by Crippen LogP contribution is 2.20. The topological polar surface area (TPSA) is 91.8 Å². The molecular formula is C25H27FN4O4S. The van der Waals surface area contributed by atoms with Crippen molar-refractivity contribution in [1.82, 2.24) is 19.5 Å². The van der Waals surface area contributed by atoms with E-state index < -0.39 is 10.0 Å². The first-order valence-electron chi connectivity index (χ1n) is 11.2. The molecule has 1 N–H and O–H groups in total. The number of piperazine rings is 1. The third-order valence-electron chi connectivity index (χ3n) is 5.68. The number of rotatable bonds is 8. The molecule has 1 aromatic heterocycles. The fraction of sp³-hybridized carbons (Fsp3) is 0.280. The van der Waals surface area contributed by atoms with Crippen LogP contribution in [-0.2, 0) is 21.4 Å². The summed E-state index contributed by atoms with van der Waals surface area (Å²) in [5, 5.41) is 2.87. The van der Waals surface area contributed by atoms with Crippen molar-refractivity contribution in [1.29, 1.82) is 0 Å². The Balaban J connectivity index is 1.24. The lowest BCUT2D eigenvalue weighted by Crippen LogP contribution is -2.50. The Morgan fingerprint density at radius 3 is 2.40 bits per heavy atom. The molecule has 4 rings (SSSR count). The lowest BCUT2D eigenvalue weighted by molar-refractivity contribution is -0.122. The maximum atomic E-state index is 13.0. The highest BCUT2D eigenvalue weighted by molar-refractivity contribution is 7.89. The van der Waals surface area contributed by atoms with Crippen LogP contribution in [0, 0.1) is 12.7 Å². The molecule has 0 radical (unpaired) electrons. The number of pyridine rings is 1. The van der Waals surface area contributed by atoms with E-state index in [-0.39, 0.29) is 23.2 Å². The lowest BCUT2D eigenvalue weighted by atomic mass is 10.2. The number of aryl methyl sites for hydroxylation is 1. The number of nitrogens with one attached hydrogen (secondary N) is 1. The van der Waals surface area contributed by atoms with Crippen LogP contribution < -0.4 is 10.1 Å². The molecule has 0 bridgehead atoms. The summed E-state index contributed by atoms with van der Waals surface area (Å²) in [7, 11) is -3.54. The second-order valence-electron chi connectivity index (χ2n) is 8.33. The first kappa shape index (κ1) is 24.8. The van der Waals surface area contributed by atoms with Crippen LogP contribution in [-0.4, -0.2) is 61.2 Å². The summed E-state index contributed by atoms with van der Waals surface area (Å²) >= 11 is 0. The molecule has 35 heavy (non-hydrogen) atoms. The Morgan fingerprint density at radius 2 is 1.71 bits per heavy atom. The molecule has 2 heterocycles. The zero-order valence-electron chi connectivity index (χ0n) is 19.4. The van der Waals surface area contributed by atoms with Crippen molar-refractivity contribution in [2.45, 2.75) is 18.4 Å². The van der Waals surface area contributed by atoms with Crippen molar-refractivity contribution in [2.24, 2.45) is 0 Å². The normalized spacial score (nSPS) is 15.0. The number of benzene rings is 2. The van der Waals surface area contributed by atoms with Crippen molar-refractivity contribution in [3.63, 3.8) is 0 Å². The third kappa shape index (κ3) is 6.62. The van der Waals surface area contributed by atoms with Crippen LogP contribution in [0.2, 0.25) is 0 Å². The summed E-state index contributed by atoms with van der Waals surface area (Å²) < 4.78 is 45.8. The van der Waals surface area contributed by atoms with E-state index in [1.807, 2.05) is 11.8 Å². The van der Waals surface area contributed by atoms with Crippen LogP contribution >= 0.6 is 0 Å². The van der Waals surface area contributed by atoms with Crippen LogP contribution in [0.1, 0.15) is 11.1 Å². The highest BCUT2D eigenvalue weighted by Gasteiger charge is 2.28. The Labute approximate surface area is 204 Å². The van der Waals surface area contributed by atoms with Gasteiger partial charge < -0.3 is 10.1 Å². The van der Waals surface area contributed by atoms with E-state index in [2.05, 4.69) is 10.3 Å². The van der Waals surface area contributed by atoms with Crippen molar-refractivity contribution in [2.75, 3.05) is 32.7 Å². The minimum absolute atomic E-state index is 0.155. The van der Waals surface area contributed by atoms with E-state index in [1.54, 1.807) is 42.6 Å². The molecular weight excluding hydrogens is 471 g/mol. The predicted molar refractivity (Wildman–Crippen MR) is 129 cm³/mol. The summed E-state index contributed by atoms with van der Waals surface area (Å²) in [4.78, 5) is 18.8. The molecule has 10 heteroatoms. The molecule has 1 aliphatic heterocycles. The van der Waals surface area contributed by atoms with Gasteiger partial charge in [-0.1, -0.05) is 17.7 Å². The van der Waals surface area contributed by atoms with Crippen molar-refractivity contribution in [3.05, 3.63) is 83.8 Å². The fourth-order valence-corrected chi connectivity index (χ4v) is 5.11. The Hall–Kier alpha value is -3.34. The third-order valence-corrected chi connectivity index (χ3v) is 7.60. The monoisotopic (exact) mass is 498 g/mol. The number of carbonyl (C=O) groups excluding carboxylic acids is 1. The number of sulfonamides is 1. The predicted octanol–water partition coefficient (Wildman–Crippen LogP) is 2.94. The second-order valence-corrected chi connectivity index (χ2v) is 10.3. The average molecular weight is 499 g/mol. The molecule has 184 valence electrons. The maximum Gasteiger partial charge on any atom is 0.243 e. The van der Waals surface area contributed by atoms with Crippen molar-refractivity contribution >= 4 is 15.9 Å². The van der Waals surface area contributed by atoms with Gasteiger partial charge in [-0.2, -0.15) is 4.31 Å². The number of aromatic nitrogens is 1. The number of carbonyl (C=O) groups is 1. The van der Waals surface area contributed by atoms with Gasteiger partial charge in [0.15, 0.2) is 0 Å². The average Bonchev–Trinajstić information content (AvgIpc) is 2.85. The lowest BCUT2D eigenvalue weighted by Gasteiger charge is -2.33. The fourth-order valence-electron chi connectivity index (χ4n) is 3.69. The molecule has 1 fully saturated rings. The Morgan fingerprint density at radius 1 is 1.03 bits per heavy atom. The van der Waals surface area contributed by atoms with E-state index in [9.17, 15) is 17.6 Å². The van der Waals surface area contributed by atoms with Gasteiger partial charge in [-0.3, -0.25) is 9.69 Å². The maximum absolute atomic E-state index is 13.0. The number of halogens is 1. The number of hydrogen-bond donors (Lipinski definition) is 1. The van der Waals surface area contributed by atoms with Gasteiger partial charge in [0.05, 0.1) is 11.4 Å². The SMILES string of the molecule is Cc1ccc(S(=O)(=O)N2CCN(CC(=O)NCc3ccnc(Oc4ccc(F)cc4)c3)CC2)cc1. The van der Waals surface area contributed by atoms with Crippen LogP contribution in [0.15, 0.2) is 71.8 Å². The van der Waals surface area contributed by atoms with E-state index >= 15 is 0 Å². The summed E-state index contributed by atoms with van der Waals surface area (Å²) in [6.07, 6.45) is 1.58. The minimum Gasteiger partial charge on any atom is -0.439 e. The van der Waals surface area contributed by atoms with Crippen LogP contribution in [0.5, 0.6) is 11.6 Å². The van der Waals surface area contributed by atoms with Crippen molar-refractivity contribution in [3.8, 4) is 11.6 Å². The highest BCUT2D eigenvalue weighted by atomic mass is 32.2. The standard InChI is InChI=1S/C25H27FN4O4S/c1-19-2-8-23(9-3-19)35(32,33)30-14-12-29(13-15-30)18-24(31)28-17-20-10-11-27-25(16-20)34-22-6-4-21(26)5-7-22/h2-11,16H,12-15,17-18H2,1H3,(H,28,31). The van der Waals surface area contributed by atoms with Crippen molar-refractivity contribution < 1.29 is 22.3 Å². The van der Waals surface area contributed by atoms with E-state index in [0.717, 1.165) is 11.1 Å². The number of amides is 1. The quantitative estimate of drug-likeness (QED) is 0.514. The number of ether oxygens (including phenoxy) is 1. The molecule has 1 saturated heterocycles. The number of nitrogens with zero attached hydrogens (tertiary/aromatic N) is 3. The summed E-state index contributed by atoms with van der Waals surface area (Å²) in [6, 6.07) is 15.9. The van der Waals surface area contributed by atoms with Gasteiger partial charge >= 0.3 is 0 Å². The van der Waals surface area contributed by atoms with Gasteiger partial charge in [0.25, 0.3) is 0 Å². The molecule has 3 aromatic rings. The number of hydrogen-bond acceptors (Lipinski definition) is 6. The molecule has 0 saturated carbocycles. The molecule has 0 unspecified atom stereocenters. The largest absolute Gasteiger partial charge is 0.439 e. The van der Waals surface area contributed by atoms with Gasteiger partial charge in [-0.05, 0) is 55.0 Å². The van der Waals surface area contributed by atoms with E-state index in [4.69, 9.17) is 4.74 Å².